The smallest absolute Gasteiger partial charge is 0.274 e. The fraction of sp³-hybridized carbons (Fsp3) is 0.312. The van der Waals surface area contributed by atoms with Crippen molar-refractivity contribution in [1.29, 1.82) is 0 Å². The Morgan fingerprint density at radius 3 is 2.91 bits per heavy atom. The number of hydrogen-bond acceptors (Lipinski definition) is 4. The van der Waals surface area contributed by atoms with E-state index in [2.05, 4.69) is 9.97 Å². The molecule has 7 heteroatoms. The van der Waals surface area contributed by atoms with Gasteiger partial charge in [-0.05, 0) is 24.6 Å². The lowest BCUT2D eigenvalue weighted by Crippen LogP contribution is -2.42. The molecule has 0 aliphatic carbocycles. The van der Waals surface area contributed by atoms with E-state index < -0.39 is 5.82 Å². The highest BCUT2D eigenvalue weighted by Gasteiger charge is 2.27. The van der Waals surface area contributed by atoms with Crippen LogP contribution in [0.3, 0.4) is 0 Å². The summed E-state index contributed by atoms with van der Waals surface area (Å²) in [5.41, 5.74) is 1.79. The fourth-order valence-corrected chi connectivity index (χ4v) is 2.60. The minimum Gasteiger partial charge on any atom is -0.370 e. The van der Waals surface area contributed by atoms with Crippen molar-refractivity contribution in [2.45, 2.75) is 13.0 Å². The van der Waals surface area contributed by atoms with Crippen molar-refractivity contribution in [2.24, 2.45) is 0 Å². The summed E-state index contributed by atoms with van der Waals surface area (Å²) in [6, 6.07) is 4.44. The van der Waals surface area contributed by atoms with Gasteiger partial charge < -0.3 is 9.64 Å². The summed E-state index contributed by atoms with van der Waals surface area (Å²) in [5, 5.41) is 0.0407. The van der Waals surface area contributed by atoms with Crippen LogP contribution in [0.1, 0.15) is 27.8 Å². The van der Waals surface area contributed by atoms with Crippen LogP contribution in [0.2, 0.25) is 5.02 Å². The first-order valence-electron chi connectivity index (χ1n) is 7.19. The number of ether oxygens (including phenoxy) is 1. The molecule has 2 heterocycles. The highest BCUT2D eigenvalue weighted by molar-refractivity contribution is 6.30. The lowest BCUT2D eigenvalue weighted by molar-refractivity contribution is -0.0230. The summed E-state index contributed by atoms with van der Waals surface area (Å²) in [5.74, 6) is -0.673. The van der Waals surface area contributed by atoms with E-state index in [-0.39, 0.29) is 17.0 Å². The maximum Gasteiger partial charge on any atom is 0.274 e. The summed E-state index contributed by atoms with van der Waals surface area (Å²) in [4.78, 5) is 22.4. The van der Waals surface area contributed by atoms with Gasteiger partial charge in [-0.15, -0.1) is 0 Å². The van der Waals surface area contributed by atoms with Crippen LogP contribution >= 0.6 is 11.6 Å². The number of amides is 1. The maximum absolute atomic E-state index is 13.3. The first kappa shape index (κ1) is 15.8. The van der Waals surface area contributed by atoms with E-state index in [4.69, 9.17) is 16.3 Å². The van der Waals surface area contributed by atoms with Gasteiger partial charge in [0.15, 0.2) is 0 Å². The summed E-state index contributed by atoms with van der Waals surface area (Å²) in [7, 11) is 0. The number of rotatable bonds is 2. The predicted molar refractivity (Wildman–Crippen MR) is 82.8 cm³/mol. The van der Waals surface area contributed by atoms with Crippen LogP contribution < -0.4 is 0 Å². The zero-order chi connectivity index (χ0) is 16.4. The third-order valence-corrected chi connectivity index (χ3v) is 3.96. The van der Waals surface area contributed by atoms with Crippen molar-refractivity contribution in [3.63, 3.8) is 0 Å². The van der Waals surface area contributed by atoms with Crippen LogP contribution in [-0.4, -0.2) is 40.5 Å². The first-order chi connectivity index (χ1) is 11.0. The number of hydrogen-bond donors (Lipinski definition) is 0. The zero-order valence-corrected chi connectivity index (χ0v) is 13.3. The van der Waals surface area contributed by atoms with Crippen LogP contribution in [0, 0.1) is 12.7 Å². The molecule has 5 nitrogen and oxygen atoms in total. The molecular formula is C16H15ClFN3O2. The minimum atomic E-state index is -0.478. The second-order valence-corrected chi connectivity index (χ2v) is 5.73. The predicted octanol–water partition coefficient (Wildman–Crippen LogP) is 2.79. The van der Waals surface area contributed by atoms with Gasteiger partial charge in [0.05, 0.1) is 30.1 Å². The first-order valence-corrected chi connectivity index (χ1v) is 7.57. The van der Waals surface area contributed by atoms with Crippen LogP contribution in [0.25, 0.3) is 0 Å². The van der Waals surface area contributed by atoms with E-state index in [0.717, 1.165) is 11.3 Å². The molecule has 1 amide bonds. The molecule has 0 saturated carbocycles. The second kappa shape index (κ2) is 6.60. The molecule has 3 rings (SSSR count). The number of nitrogens with zero attached hydrogens (tertiary/aromatic N) is 3. The highest BCUT2D eigenvalue weighted by Crippen LogP contribution is 2.26. The van der Waals surface area contributed by atoms with Gasteiger partial charge in [-0.2, -0.15) is 0 Å². The van der Waals surface area contributed by atoms with Gasteiger partial charge in [-0.25, -0.2) is 9.37 Å². The van der Waals surface area contributed by atoms with E-state index in [1.807, 2.05) is 6.92 Å². The Bertz CT molecular complexity index is 724. The van der Waals surface area contributed by atoms with Gasteiger partial charge in [0.2, 0.25) is 0 Å². The molecule has 1 aliphatic heterocycles. The van der Waals surface area contributed by atoms with Crippen LogP contribution in [0.4, 0.5) is 4.39 Å². The molecule has 0 spiro atoms. The summed E-state index contributed by atoms with van der Waals surface area (Å²) in [6.07, 6.45) is 2.69. The molecule has 120 valence electrons. The van der Waals surface area contributed by atoms with Crippen LogP contribution in [-0.2, 0) is 4.74 Å². The van der Waals surface area contributed by atoms with Gasteiger partial charge in [0.1, 0.15) is 17.6 Å². The average Bonchev–Trinajstić information content (AvgIpc) is 2.57. The molecule has 1 aromatic carbocycles. The van der Waals surface area contributed by atoms with E-state index in [1.54, 1.807) is 17.2 Å². The summed E-state index contributed by atoms with van der Waals surface area (Å²) < 4.78 is 19.0. The van der Waals surface area contributed by atoms with Crippen LogP contribution in [0.5, 0.6) is 0 Å². The van der Waals surface area contributed by atoms with Crippen molar-refractivity contribution in [3.8, 4) is 0 Å². The highest BCUT2D eigenvalue weighted by atomic mass is 35.5. The molecule has 0 radical (unpaired) electrons. The Kier molecular flexibility index (Phi) is 4.54. The maximum atomic E-state index is 13.3. The average molecular weight is 336 g/mol. The lowest BCUT2D eigenvalue weighted by atomic mass is 10.1. The molecule has 1 aliphatic rings. The van der Waals surface area contributed by atoms with E-state index >= 15 is 0 Å². The standard InChI is InChI=1S/C16H15ClFN3O2/c1-10-7-20-14(8-19-10)16(22)21-4-5-23-15(9-21)11-2-3-13(18)12(17)6-11/h2-3,6-8,15H,4-5,9H2,1H3. The van der Waals surface area contributed by atoms with Gasteiger partial charge >= 0.3 is 0 Å². The van der Waals surface area contributed by atoms with Crippen molar-refractivity contribution in [2.75, 3.05) is 19.7 Å². The van der Waals surface area contributed by atoms with E-state index in [9.17, 15) is 9.18 Å². The Balaban J connectivity index is 1.76. The molecule has 1 saturated heterocycles. The van der Waals surface area contributed by atoms with E-state index in [1.165, 1.54) is 18.3 Å². The molecule has 1 unspecified atom stereocenters. The Hall–Kier alpha value is -2.05. The third-order valence-electron chi connectivity index (χ3n) is 3.67. The fourth-order valence-electron chi connectivity index (χ4n) is 2.41. The molecule has 1 atom stereocenters. The third kappa shape index (κ3) is 3.48. The van der Waals surface area contributed by atoms with Crippen molar-refractivity contribution < 1.29 is 13.9 Å². The second-order valence-electron chi connectivity index (χ2n) is 5.33. The number of carbonyl (C=O) groups excluding carboxylic acids is 1. The number of benzene rings is 1. The number of aromatic nitrogens is 2. The Morgan fingerprint density at radius 1 is 1.39 bits per heavy atom. The van der Waals surface area contributed by atoms with Crippen LogP contribution in [0.15, 0.2) is 30.6 Å². The van der Waals surface area contributed by atoms with Crippen molar-refractivity contribution in [1.82, 2.24) is 14.9 Å². The topological polar surface area (TPSA) is 55.3 Å². The Morgan fingerprint density at radius 2 is 2.22 bits per heavy atom. The molecule has 2 aromatic rings. The summed E-state index contributed by atoms with van der Waals surface area (Å²) in [6.45, 7) is 3.03. The molecule has 0 N–H and O–H groups in total. The number of aryl methyl sites for hydroxylation is 1. The molecule has 23 heavy (non-hydrogen) atoms. The SMILES string of the molecule is Cc1cnc(C(=O)N2CCOC(c3ccc(F)c(Cl)c3)C2)cn1. The molecule has 1 aromatic heterocycles. The monoisotopic (exact) mass is 335 g/mol. The Labute approximate surface area is 138 Å². The molecule has 1 fully saturated rings. The normalized spacial score (nSPS) is 18.0. The van der Waals surface area contributed by atoms with Crippen molar-refractivity contribution >= 4 is 17.5 Å². The van der Waals surface area contributed by atoms with E-state index in [0.29, 0.717) is 25.4 Å². The minimum absolute atomic E-state index is 0.0407. The largest absolute Gasteiger partial charge is 0.370 e. The van der Waals surface area contributed by atoms with Crippen molar-refractivity contribution in [3.05, 3.63) is 58.4 Å². The summed E-state index contributed by atoms with van der Waals surface area (Å²) >= 11 is 5.81. The number of morpholine rings is 1. The molecular weight excluding hydrogens is 321 g/mol. The van der Waals surface area contributed by atoms with Gasteiger partial charge in [0.25, 0.3) is 5.91 Å². The number of carbonyl (C=O) groups is 1. The molecule has 0 bridgehead atoms. The number of halogens is 2. The lowest BCUT2D eigenvalue weighted by Gasteiger charge is -2.33. The van der Waals surface area contributed by atoms with Gasteiger partial charge in [-0.1, -0.05) is 17.7 Å². The van der Waals surface area contributed by atoms with Gasteiger partial charge in [-0.3, -0.25) is 9.78 Å². The zero-order valence-electron chi connectivity index (χ0n) is 12.5. The quantitative estimate of drug-likeness (QED) is 0.847. The van der Waals surface area contributed by atoms with Gasteiger partial charge in [0, 0.05) is 12.7 Å².